The van der Waals surface area contributed by atoms with Crippen LogP contribution < -0.4 is 10.5 Å². The molecule has 4 nitrogen and oxygen atoms in total. The van der Waals surface area contributed by atoms with Crippen LogP contribution in [-0.2, 0) is 0 Å². The molecule has 2 aromatic carbocycles. The Hall–Kier alpha value is -2.01. The maximum Gasteiger partial charge on any atom is 0.248 e. The lowest BCUT2D eigenvalue weighted by molar-refractivity contribution is 0.1000. The third-order valence-electron chi connectivity index (χ3n) is 2.69. The molecule has 3 N–H and O–H groups in total. The number of phenols is 1. The minimum Gasteiger partial charge on any atom is -0.508 e. The van der Waals surface area contributed by atoms with Crippen LogP contribution in [0.2, 0.25) is 0 Å². The maximum atomic E-state index is 11.0. The number of hydrogen-bond donors (Lipinski definition) is 2. The van der Waals surface area contributed by atoms with E-state index >= 15 is 0 Å². The second kappa shape index (κ2) is 5.32. The predicted octanol–water partition coefficient (Wildman–Crippen LogP) is 3.35. The van der Waals surface area contributed by atoms with Gasteiger partial charge >= 0.3 is 0 Å². The number of hydrogen-bond acceptors (Lipinski definition) is 3. The minimum atomic E-state index is -0.499. The lowest BCUT2D eigenvalue weighted by Crippen LogP contribution is -2.10. The van der Waals surface area contributed by atoms with Crippen LogP contribution in [0.4, 0.5) is 0 Å². The molecule has 0 spiro atoms. The molecule has 0 saturated heterocycles. The third-order valence-corrected chi connectivity index (χ3v) is 3.31. The van der Waals surface area contributed by atoms with E-state index in [2.05, 4.69) is 15.9 Å². The number of phenolic OH excluding ortho intramolecular Hbond substituents is 1. The van der Waals surface area contributed by atoms with E-state index < -0.39 is 5.91 Å². The van der Waals surface area contributed by atoms with Crippen molar-refractivity contribution in [3.05, 3.63) is 52.0 Å². The Morgan fingerprint density at radius 1 is 1.26 bits per heavy atom. The molecular weight excluding hydrogens is 310 g/mol. The fraction of sp³-hybridized carbons (Fsp3) is 0.0714. The summed E-state index contributed by atoms with van der Waals surface area (Å²) >= 11 is 3.32. The van der Waals surface area contributed by atoms with E-state index in [0.717, 1.165) is 0 Å². The van der Waals surface area contributed by atoms with Gasteiger partial charge in [0.2, 0.25) is 5.91 Å². The molecule has 0 heterocycles. The molecule has 2 rings (SSSR count). The Kier molecular flexibility index (Phi) is 3.76. The van der Waals surface area contributed by atoms with Crippen molar-refractivity contribution in [3.63, 3.8) is 0 Å². The van der Waals surface area contributed by atoms with Crippen LogP contribution in [0.15, 0.2) is 40.9 Å². The van der Waals surface area contributed by atoms with E-state index in [0.29, 0.717) is 27.1 Å². The van der Waals surface area contributed by atoms with Crippen molar-refractivity contribution < 1.29 is 14.6 Å². The maximum absolute atomic E-state index is 11.0. The smallest absolute Gasteiger partial charge is 0.248 e. The highest BCUT2D eigenvalue weighted by Gasteiger charge is 2.09. The molecule has 0 radical (unpaired) electrons. The number of ether oxygens (including phenoxy) is 1. The zero-order valence-corrected chi connectivity index (χ0v) is 11.8. The predicted molar refractivity (Wildman–Crippen MR) is 75.6 cm³/mol. The van der Waals surface area contributed by atoms with Crippen LogP contribution in [0.25, 0.3) is 0 Å². The van der Waals surface area contributed by atoms with Crippen molar-refractivity contribution in [2.24, 2.45) is 5.73 Å². The topological polar surface area (TPSA) is 72.6 Å². The number of nitrogens with two attached hydrogens (primary N) is 1. The van der Waals surface area contributed by atoms with Crippen molar-refractivity contribution in [2.45, 2.75) is 6.92 Å². The zero-order valence-electron chi connectivity index (χ0n) is 10.2. The summed E-state index contributed by atoms with van der Waals surface area (Å²) in [6.45, 7) is 1.76. The van der Waals surface area contributed by atoms with Crippen LogP contribution in [-0.4, -0.2) is 11.0 Å². The van der Waals surface area contributed by atoms with Crippen LogP contribution >= 0.6 is 15.9 Å². The highest BCUT2D eigenvalue weighted by atomic mass is 79.9. The SMILES string of the molecule is Cc1c(O)cccc1Oc1ccc(C(N)=O)cc1Br. The first-order valence-electron chi connectivity index (χ1n) is 5.55. The highest BCUT2D eigenvalue weighted by Crippen LogP contribution is 2.34. The average molecular weight is 322 g/mol. The standard InChI is InChI=1S/C14H12BrNO3/c1-8-11(17)3-2-4-12(8)19-13-6-5-9(14(16)18)7-10(13)15/h2-7,17H,1H3,(H2,16,18). The third kappa shape index (κ3) is 2.88. The summed E-state index contributed by atoms with van der Waals surface area (Å²) in [4.78, 5) is 11.0. The summed E-state index contributed by atoms with van der Waals surface area (Å²) < 4.78 is 6.31. The number of aromatic hydroxyl groups is 1. The van der Waals surface area contributed by atoms with Gasteiger partial charge in [0, 0.05) is 11.1 Å². The van der Waals surface area contributed by atoms with Crippen molar-refractivity contribution in [1.82, 2.24) is 0 Å². The van der Waals surface area contributed by atoms with Crippen LogP contribution in [0.5, 0.6) is 17.2 Å². The average Bonchev–Trinajstić information content (AvgIpc) is 2.37. The summed E-state index contributed by atoms with van der Waals surface area (Å²) in [7, 11) is 0. The van der Waals surface area contributed by atoms with Crippen LogP contribution in [0.3, 0.4) is 0 Å². The number of benzene rings is 2. The molecule has 1 amide bonds. The van der Waals surface area contributed by atoms with Gasteiger partial charge in [-0.15, -0.1) is 0 Å². The van der Waals surface area contributed by atoms with Gasteiger partial charge in [0.25, 0.3) is 0 Å². The van der Waals surface area contributed by atoms with Crippen molar-refractivity contribution in [3.8, 4) is 17.2 Å². The van der Waals surface area contributed by atoms with E-state index in [4.69, 9.17) is 10.5 Å². The quantitative estimate of drug-likeness (QED) is 0.910. The van der Waals surface area contributed by atoms with E-state index in [1.807, 2.05) is 0 Å². The largest absolute Gasteiger partial charge is 0.508 e. The summed E-state index contributed by atoms with van der Waals surface area (Å²) in [5, 5.41) is 9.61. The van der Waals surface area contributed by atoms with Crippen LogP contribution in [0.1, 0.15) is 15.9 Å². The highest BCUT2D eigenvalue weighted by molar-refractivity contribution is 9.10. The molecule has 2 aromatic rings. The molecule has 0 aliphatic rings. The number of carbonyl (C=O) groups is 1. The Labute approximate surface area is 118 Å². The fourth-order valence-corrected chi connectivity index (χ4v) is 2.03. The Morgan fingerprint density at radius 3 is 2.63 bits per heavy atom. The van der Waals surface area contributed by atoms with Gasteiger partial charge in [-0.05, 0) is 53.2 Å². The van der Waals surface area contributed by atoms with Gasteiger partial charge in [-0.3, -0.25) is 4.79 Å². The van der Waals surface area contributed by atoms with Crippen molar-refractivity contribution in [2.75, 3.05) is 0 Å². The number of rotatable bonds is 3. The molecule has 0 atom stereocenters. The summed E-state index contributed by atoms with van der Waals surface area (Å²) in [6, 6.07) is 9.87. The van der Waals surface area contributed by atoms with E-state index in [9.17, 15) is 9.90 Å². The molecule has 0 fully saturated rings. The first-order valence-corrected chi connectivity index (χ1v) is 6.34. The Bertz CT molecular complexity index is 641. The first-order chi connectivity index (χ1) is 8.99. The molecular formula is C14H12BrNO3. The van der Waals surface area contributed by atoms with Gasteiger partial charge < -0.3 is 15.6 Å². The van der Waals surface area contributed by atoms with Crippen LogP contribution in [0, 0.1) is 6.92 Å². The molecule has 0 saturated carbocycles. The first kappa shape index (κ1) is 13.4. The molecule has 0 aliphatic heterocycles. The minimum absolute atomic E-state index is 0.169. The molecule has 0 aromatic heterocycles. The second-order valence-corrected chi connectivity index (χ2v) is 4.87. The van der Waals surface area contributed by atoms with Gasteiger partial charge in [-0.2, -0.15) is 0 Å². The monoisotopic (exact) mass is 321 g/mol. The summed E-state index contributed by atoms with van der Waals surface area (Å²) in [5.41, 5.74) is 6.24. The fourth-order valence-electron chi connectivity index (χ4n) is 1.57. The molecule has 5 heteroatoms. The van der Waals surface area contributed by atoms with Gasteiger partial charge in [-0.25, -0.2) is 0 Å². The lowest BCUT2D eigenvalue weighted by atomic mass is 10.2. The van der Waals surface area contributed by atoms with Gasteiger partial charge in [0.05, 0.1) is 4.47 Å². The van der Waals surface area contributed by atoms with Gasteiger partial charge in [-0.1, -0.05) is 6.07 Å². The molecule has 0 unspecified atom stereocenters. The van der Waals surface area contributed by atoms with Crippen molar-refractivity contribution >= 4 is 21.8 Å². The number of amides is 1. The Balaban J connectivity index is 2.34. The van der Waals surface area contributed by atoms with Crippen molar-refractivity contribution in [1.29, 1.82) is 0 Å². The summed E-state index contributed by atoms with van der Waals surface area (Å²) in [6.07, 6.45) is 0. The van der Waals surface area contributed by atoms with E-state index in [1.165, 1.54) is 0 Å². The van der Waals surface area contributed by atoms with Gasteiger partial charge in [0.1, 0.15) is 17.2 Å². The molecule has 0 bridgehead atoms. The van der Waals surface area contributed by atoms with E-state index in [-0.39, 0.29) is 5.75 Å². The number of halogens is 1. The lowest BCUT2D eigenvalue weighted by Gasteiger charge is -2.11. The molecule has 0 aliphatic carbocycles. The number of carbonyl (C=O) groups excluding carboxylic acids is 1. The molecule has 19 heavy (non-hydrogen) atoms. The Morgan fingerprint density at radius 2 is 2.00 bits per heavy atom. The number of primary amides is 1. The van der Waals surface area contributed by atoms with Gasteiger partial charge in [0.15, 0.2) is 0 Å². The summed E-state index contributed by atoms with van der Waals surface area (Å²) in [5.74, 6) is 0.759. The van der Waals surface area contributed by atoms with E-state index in [1.54, 1.807) is 43.3 Å². The zero-order chi connectivity index (χ0) is 14.0. The molecule has 98 valence electrons. The second-order valence-electron chi connectivity index (χ2n) is 4.01. The normalized spacial score (nSPS) is 10.2.